The summed E-state index contributed by atoms with van der Waals surface area (Å²) in [6, 6.07) is -0.669. The molecular weight excluding hydrogens is 590 g/mol. The molecule has 268 valence electrons. The Hall–Kier alpha value is -3.21. The average molecular weight is 660 g/mol. The molecule has 0 aliphatic rings. The summed E-state index contributed by atoms with van der Waals surface area (Å²) in [5.74, 6) is -0.127. The van der Waals surface area contributed by atoms with Crippen LogP contribution in [-0.4, -0.2) is 34.9 Å². The molecule has 0 saturated carbocycles. The van der Waals surface area contributed by atoms with E-state index in [1.165, 1.54) is 19.3 Å². The third-order valence-corrected chi connectivity index (χ3v) is 7.43. The SMILES string of the molecule is CC/C=C\C/C=C\C/C=C\C/C=C\C/C=C\C/C=C\C/C=C\C/C=C\CCCCC(=O)NC(CO)C(O)/C=C/CC/C=C/CCCCC. The quantitative estimate of drug-likeness (QED) is 0.0512. The molecule has 0 aromatic heterocycles. The Morgan fingerprint density at radius 3 is 1.38 bits per heavy atom. The summed E-state index contributed by atoms with van der Waals surface area (Å²) in [6.45, 7) is 4.08. The van der Waals surface area contributed by atoms with E-state index < -0.39 is 12.1 Å². The van der Waals surface area contributed by atoms with Crippen LogP contribution in [0.15, 0.2) is 122 Å². The lowest BCUT2D eigenvalue weighted by atomic mass is 10.1. The fourth-order valence-corrected chi connectivity index (χ4v) is 4.56. The van der Waals surface area contributed by atoms with E-state index in [2.05, 4.69) is 129 Å². The van der Waals surface area contributed by atoms with Gasteiger partial charge in [0.15, 0.2) is 0 Å². The summed E-state index contributed by atoms with van der Waals surface area (Å²) in [5.41, 5.74) is 0. The Labute approximate surface area is 295 Å². The lowest BCUT2D eigenvalue weighted by molar-refractivity contribution is -0.123. The number of aliphatic hydroxyl groups excluding tert-OH is 2. The zero-order chi connectivity index (χ0) is 35.0. The molecule has 0 aromatic rings. The van der Waals surface area contributed by atoms with Crippen LogP contribution in [0.1, 0.15) is 129 Å². The molecule has 4 nitrogen and oxygen atoms in total. The standard InChI is InChI=1S/C44H69NO3/c1-3-5-7-9-11-13-14-15-16-17-18-19-20-21-22-23-24-25-26-27-28-29-30-32-34-36-38-40-44(48)45-42(41-46)43(47)39-37-35-33-31-12-10-8-6-4-2/h5,7,11-13,15-16,18-19,21-22,24-25,27-28,30-32,37,39,42-43,46-47H,3-4,6,8-10,14,17,20,23,26,29,33-36,38,40-41H2,1-2H3,(H,45,48)/b7-5-,13-11-,16-15-,19-18-,22-21-,25-24-,28-27-,31-12+,32-30-,39-37+. The van der Waals surface area contributed by atoms with E-state index in [9.17, 15) is 15.0 Å². The molecule has 3 N–H and O–H groups in total. The normalized spacial score (nSPS) is 14.5. The van der Waals surface area contributed by atoms with Gasteiger partial charge in [-0.25, -0.2) is 0 Å². The Bertz CT molecular complexity index is 1020. The van der Waals surface area contributed by atoms with E-state index in [0.29, 0.717) is 6.42 Å². The largest absolute Gasteiger partial charge is 0.394 e. The first-order valence-corrected chi connectivity index (χ1v) is 18.7. The van der Waals surface area contributed by atoms with Crippen molar-refractivity contribution in [3.05, 3.63) is 122 Å². The van der Waals surface area contributed by atoms with Crippen LogP contribution >= 0.6 is 0 Å². The summed E-state index contributed by atoms with van der Waals surface area (Å²) >= 11 is 0. The van der Waals surface area contributed by atoms with Crippen LogP contribution < -0.4 is 5.32 Å². The molecule has 0 spiro atoms. The molecule has 2 unspecified atom stereocenters. The molecule has 0 radical (unpaired) electrons. The van der Waals surface area contributed by atoms with E-state index in [-0.39, 0.29) is 12.5 Å². The lowest BCUT2D eigenvalue weighted by Crippen LogP contribution is -2.45. The van der Waals surface area contributed by atoms with Gasteiger partial charge in [-0.3, -0.25) is 4.79 Å². The van der Waals surface area contributed by atoms with Crippen molar-refractivity contribution in [3.63, 3.8) is 0 Å². The average Bonchev–Trinajstić information content (AvgIpc) is 3.09. The van der Waals surface area contributed by atoms with Crippen molar-refractivity contribution in [2.24, 2.45) is 0 Å². The van der Waals surface area contributed by atoms with Crippen LogP contribution in [0.5, 0.6) is 0 Å². The molecule has 0 aliphatic carbocycles. The van der Waals surface area contributed by atoms with Gasteiger partial charge in [0.05, 0.1) is 18.8 Å². The number of allylic oxidation sites excluding steroid dienone is 19. The zero-order valence-corrected chi connectivity index (χ0v) is 30.4. The third-order valence-electron chi connectivity index (χ3n) is 7.43. The first kappa shape index (κ1) is 44.8. The maximum atomic E-state index is 12.3. The highest BCUT2D eigenvalue weighted by molar-refractivity contribution is 5.76. The molecule has 0 aliphatic heterocycles. The van der Waals surface area contributed by atoms with E-state index in [0.717, 1.165) is 89.9 Å². The van der Waals surface area contributed by atoms with Gasteiger partial charge in [0.1, 0.15) is 0 Å². The third kappa shape index (κ3) is 34.1. The predicted octanol–water partition coefficient (Wildman–Crippen LogP) is 11.4. The highest BCUT2D eigenvalue weighted by atomic mass is 16.3. The van der Waals surface area contributed by atoms with E-state index in [4.69, 9.17) is 0 Å². The van der Waals surface area contributed by atoms with Gasteiger partial charge in [-0.15, -0.1) is 0 Å². The summed E-state index contributed by atoms with van der Waals surface area (Å²) in [6.07, 6.45) is 60.1. The van der Waals surface area contributed by atoms with Crippen LogP contribution in [-0.2, 0) is 4.79 Å². The van der Waals surface area contributed by atoms with Gasteiger partial charge in [-0.2, -0.15) is 0 Å². The number of carbonyl (C=O) groups is 1. The van der Waals surface area contributed by atoms with Crippen LogP contribution in [0.25, 0.3) is 0 Å². The molecule has 1 amide bonds. The molecule has 0 saturated heterocycles. The van der Waals surface area contributed by atoms with Crippen LogP contribution in [0.3, 0.4) is 0 Å². The Kier molecular flexibility index (Phi) is 35.7. The zero-order valence-electron chi connectivity index (χ0n) is 30.4. The maximum Gasteiger partial charge on any atom is 0.220 e. The number of rotatable bonds is 31. The highest BCUT2D eigenvalue weighted by Crippen LogP contribution is 2.06. The summed E-state index contributed by atoms with van der Waals surface area (Å²) in [5, 5.41) is 22.7. The number of unbranched alkanes of at least 4 members (excludes halogenated alkanes) is 6. The first-order chi connectivity index (χ1) is 23.7. The topological polar surface area (TPSA) is 69.6 Å². The van der Waals surface area contributed by atoms with Crippen molar-refractivity contribution in [3.8, 4) is 0 Å². The molecule has 4 heteroatoms. The second-order valence-corrected chi connectivity index (χ2v) is 11.9. The summed E-state index contributed by atoms with van der Waals surface area (Å²) in [4.78, 5) is 12.3. The Balaban J connectivity index is 3.81. The van der Waals surface area contributed by atoms with Gasteiger partial charge in [-0.05, 0) is 96.3 Å². The number of amides is 1. The monoisotopic (exact) mass is 660 g/mol. The highest BCUT2D eigenvalue weighted by Gasteiger charge is 2.17. The number of nitrogens with one attached hydrogen (secondary N) is 1. The molecule has 2 atom stereocenters. The second-order valence-electron chi connectivity index (χ2n) is 11.9. The molecule has 0 bridgehead atoms. The molecule has 48 heavy (non-hydrogen) atoms. The summed E-state index contributed by atoms with van der Waals surface area (Å²) in [7, 11) is 0. The Morgan fingerprint density at radius 2 is 0.917 bits per heavy atom. The molecule has 0 heterocycles. The van der Waals surface area contributed by atoms with Gasteiger partial charge >= 0.3 is 0 Å². The molecule has 0 fully saturated rings. The van der Waals surface area contributed by atoms with Crippen molar-refractivity contribution in [1.29, 1.82) is 0 Å². The van der Waals surface area contributed by atoms with Gasteiger partial charge < -0.3 is 15.5 Å². The fourth-order valence-electron chi connectivity index (χ4n) is 4.56. The van der Waals surface area contributed by atoms with Crippen LogP contribution in [0.4, 0.5) is 0 Å². The van der Waals surface area contributed by atoms with E-state index in [1.54, 1.807) is 6.08 Å². The predicted molar refractivity (Wildman–Crippen MR) is 211 cm³/mol. The fraction of sp³-hybridized carbons (Fsp3) is 0.523. The minimum absolute atomic E-state index is 0.127. The number of aliphatic hydroxyl groups is 2. The van der Waals surface area contributed by atoms with Crippen molar-refractivity contribution in [2.45, 2.75) is 142 Å². The minimum atomic E-state index is -0.886. The van der Waals surface area contributed by atoms with Crippen molar-refractivity contribution >= 4 is 5.91 Å². The van der Waals surface area contributed by atoms with Crippen molar-refractivity contribution in [1.82, 2.24) is 5.32 Å². The van der Waals surface area contributed by atoms with Crippen molar-refractivity contribution in [2.75, 3.05) is 6.61 Å². The van der Waals surface area contributed by atoms with Gasteiger partial charge in [0.25, 0.3) is 0 Å². The lowest BCUT2D eigenvalue weighted by Gasteiger charge is -2.19. The molecular formula is C44H69NO3. The van der Waals surface area contributed by atoms with Gasteiger partial charge in [0.2, 0.25) is 5.91 Å². The van der Waals surface area contributed by atoms with E-state index in [1.807, 2.05) is 6.08 Å². The number of hydrogen-bond acceptors (Lipinski definition) is 3. The second kappa shape index (κ2) is 38.2. The first-order valence-electron chi connectivity index (χ1n) is 18.7. The smallest absolute Gasteiger partial charge is 0.220 e. The van der Waals surface area contributed by atoms with Gasteiger partial charge in [0, 0.05) is 6.42 Å². The minimum Gasteiger partial charge on any atom is -0.394 e. The maximum absolute atomic E-state index is 12.3. The van der Waals surface area contributed by atoms with Crippen LogP contribution in [0, 0.1) is 0 Å². The summed E-state index contributed by atoms with van der Waals surface area (Å²) < 4.78 is 0. The molecule has 0 aromatic carbocycles. The molecule has 0 rings (SSSR count). The van der Waals surface area contributed by atoms with Gasteiger partial charge in [-0.1, -0.05) is 148 Å². The Morgan fingerprint density at radius 1 is 0.521 bits per heavy atom. The number of carbonyl (C=O) groups excluding carboxylic acids is 1. The van der Waals surface area contributed by atoms with Crippen molar-refractivity contribution < 1.29 is 15.0 Å². The van der Waals surface area contributed by atoms with E-state index >= 15 is 0 Å². The van der Waals surface area contributed by atoms with Crippen LogP contribution in [0.2, 0.25) is 0 Å². The number of hydrogen-bond donors (Lipinski definition) is 3.